The summed E-state index contributed by atoms with van der Waals surface area (Å²) in [5, 5.41) is 7.70. The molecule has 14 heteroatoms. The molecule has 0 aliphatic heterocycles. The molecule has 0 radical (unpaired) electrons. The number of sulfonamides is 2. The maximum atomic E-state index is 12.4. The third-order valence-corrected chi connectivity index (χ3v) is 7.87. The van der Waals surface area contributed by atoms with Crippen LogP contribution in [0.4, 0.5) is 23.0 Å². The summed E-state index contributed by atoms with van der Waals surface area (Å²) in [6.07, 6.45) is 1.54. The quantitative estimate of drug-likeness (QED) is 0.213. The zero-order valence-corrected chi connectivity index (χ0v) is 22.2. The second-order valence-corrected chi connectivity index (χ2v) is 11.5. The fourth-order valence-corrected chi connectivity index (χ4v) is 5.28. The van der Waals surface area contributed by atoms with Gasteiger partial charge in [0.2, 0.25) is 0 Å². The van der Waals surface area contributed by atoms with Crippen LogP contribution in [0.1, 0.15) is 5.76 Å². The van der Waals surface area contributed by atoms with Gasteiger partial charge in [0.25, 0.3) is 20.0 Å². The minimum Gasteiger partial charge on any atom is -0.399 e. The van der Waals surface area contributed by atoms with E-state index in [1.165, 1.54) is 53.3 Å². The molecular weight excluding hydrogens is 542 g/mol. The van der Waals surface area contributed by atoms with Crippen LogP contribution >= 0.6 is 0 Å². The van der Waals surface area contributed by atoms with Gasteiger partial charge in [-0.05, 0) is 67.6 Å². The predicted molar refractivity (Wildman–Crippen MR) is 148 cm³/mol. The molecule has 39 heavy (non-hydrogen) atoms. The molecule has 0 saturated heterocycles. The molecule has 0 fully saturated rings. The van der Waals surface area contributed by atoms with Crippen LogP contribution in [0.15, 0.2) is 112 Å². The summed E-state index contributed by atoms with van der Waals surface area (Å²) < 4.78 is 59.7. The van der Waals surface area contributed by atoms with Crippen molar-refractivity contribution in [1.82, 2.24) is 14.9 Å². The van der Waals surface area contributed by atoms with Gasteiger partial charge in [-0.2, -0.15) is 5.10 Å². The molecule has 2 aromatic heterocycles. The Hall–Kier alpha value is -4.82. The van der Waals surface area contributed by atoms with E-state index in [1.54, 1.807) is 25.1 Å². The van der Waals surface area contributed by atoms with Crippen molar-refractivity contribution in [1.29, 1.82) is 0 Å². The first-order valence-electron chi connectivity index (χ1n) is 11.3. The highest BCUT2D eigenvalue weighted by Gasteiger charge is 2.17. The van der Waals surface area contributed by atoms with Gasteiger partial charge < -0.3 is 16.0 Å². The second-order valence-electron chi connectivity index (χ2n) is 8.14. The topological polar surface area (TPSA) is 188 Å². The summed E-state index contributed by atoms with van der Waals surface area (Å²) in [5.41, 5.74) is 12.8. The van der Waals surface area contributed by atoms with E-state index in [2.05, 4.69) is 19.7 Å². The van der Waals surface area contributed by atoms with Crippen molar-refractivity contribution in [3.8, 4) is 5.69 Å². The highest BCUT2D eigenvalue weighted by Crippen LogP contribution is 2.20. The molecule has 0 saturated carbocycles. The van der Waals surface area contributed by atoms with Crippen molar-refractivity contribution in [2.75, 3.05) is 20.9 Å². The Labute approximate surface area is 225 Å². The van der Waals surface area contributed by atoms with Gasteiger partial charge in [-0.3, -0.25) is 9.44 Å². The molecule has 5 aromatic rings. The van der Waals surface area contributed by atoms with E-state index in [9.17, 15) is 16.8 Å². The number of para-hydroxylation sites is 1. The number of rotatable bonds is 7. The minimum atomic E-state index is -3.70. The number of aryl methyl sites for hydroxylation is 1. The molecule has 0 amide bonds. The average molecular weight is 568 g/mol. The van der Waals surface area contributed by atoms with Gasteiger partial charge >= 0.3 is 0 Å². The van der Waals surface area contributed by atoms with Gasteiger partial charge in [0.1, 0.15) is 11.6 Å². The van der Waals surface area contributed by atoms with Gasteiger partial charge in [-0.15, -0.1) is 0 Å². The third-order valence-electron chi connectivity index (χ3n) is 5.13. The number of benzene rings is 3. The van der Waals surface area contributed by atoms with E-state index in [0.29, 0.717) is 23.0 Å². The highest BCUT2D eigenvalue weighted by molar-refractivity contribution is 7.93. The fraction of sp³-hybridized carbons (Fsp3) is 0.0400. The van der Waals surface area contributed by atoms with Crippen molar-refractivity contribution >= 4 is 43.1 Å². The van der Waals surface area contributed by atoms with E-state index in [0.717, 1.165) is 5.69 Å². The van der Waals surface area contributed by atoms with Gasteiger partial charge in [0.15, 0.2) is 5.82 Å². The standard InChI is InChI=1S/C15H14N4O2S.C10H11N3O3S/c16-12-6-8-14(9-7-12)22(20,21)18-15-10-11-17-19(15)13-4-2-1-3-5-13;1-7-6-10(12-16-7)13-17(14,15)9-4-2-8(11)3-5-9/h1-11,18H,16H2;2-6H,11H2,1H3,(H,12,13). The number of nitrogens with one attached hydrogen (secondary N) is 2. The normalized spacial score (nSPS) is 11.3. The third kappa shape index (κ3) is 6.94. The zero-order valence-electron chi connectivity index (χ0n) is 20.6. The van der Waals surface area contributed by atoms with Gasteiger partial charge in [0, 0.05) is 23.5 Å². The first-order valence-corrected chi connectivity index (χ1v) is 14.3. The van der Waals surface area contributed by atoms with Gasteiger partial charge in [-0.25, -0.2) is 21.5 Å². The highest BCUT2D eigenvalue weighted by atomic mass is 32.2. The zero-order chi connectivity index (χ0) is 28.0. The van der Waals surface area contributed by atoms with Crippen molar-refractivity contribution < 1.29 is 21.4 Å². The molecule has 0 unspecified atom stereocenters. The number of nitrogen functional groups attached to an aromatic ring is 2. The monoisotopic (exact) mass is 567 g/mol. The Morgan fingerprint density at radius 2 is 1.28 bits per heavy atom. The van der Waals surface area contributed by atoms with Crippen molar-refractivity contribution in [3.63, 3.8) is 0 Å². The predicted octanol–water partition coefficient (Wildman–Crippen LogP) is 3.62. The van der Waals surface area contributed by atoms with E-state index in [-0.39, 0.29) is 15.6 Å². The molecule has 12 nitrogen and oxygen atoms in total. The molecular formula is C25H25N7O5S2. The van der Waals surface area contributed by atoms with Crippen molar-refractivity contribution in [2.24, 2.45) is 0 Å². The Morgan fingerprint density at radius 3 is 1.79 bits per heavy atom. The average Bonchev–Trinajstić information content (AvgIpc) is 3.53. The summed E-state index contributed by atoms with van der Waals surface area (Å²) in [7, 11) is -7.34. The van der Waals surface area contributed by atoms with E-state index in [1.807, 2.05) is 30.3 Å². The Bertz CT molecular complexity index is 1750. The molecule has 0 atom stereocenters. The largest absolute Gasteiger partial charge is 0.399 e. The summed E-state index contributed by atoms with van der Waals surface area (Å²) in [4.78, 5) is 0.259. The number of aromatic nitrogens is 3. The molecule has 6 N–H and O–H groups in total. The van der Waals surface area contributed by atoms with Crippen LogP contribution in [-0.4, -0.2) is 31.8 Å². The summed E-state index contributed by atoms with van der Waals surface area (Å²) in [5.74, 6) is 1.04. The molecule has 0 aliphatic carbocycles. The maximum Gasteiger partial charge on any atom is 0.263 e. The number of anilines is 4. The van der Waals surface area contributed by atoms with Crippen LogP contribution < -0.4 is 20.9 Å². The first kappa shape index (κ1) is 27.2. The van der Waals surface area contributed by atoms with Crippen molar-refractivity contribution in [2.45, 2.75) is 16.7 Å². The van der Waals surface area contributed by atoms with Crippen LogP contribution in [-0.2, 0) is 20.0 Å². The maximum absolute atomic E-state index is 12.4. The fourth-order valence-electron chi connectivity index (χ4n) is 3.26. The van der Waals surface area contributed by atoms with Crippen LogP contribution in [0.2, 0.25) is 0 Å². The summed E-state index contributed by atoms with van der Waals surface area (Å²) in [6, 6.07) is 24.3. The lowest BCUT2D eigenvalue weighted by atomic mass is 10.3. The molecule has 5 rings (SSSR count). The van der Waals surface area contributed by atoms with Crippen LogP contribution in [0.3, 0.4) is 0 Å². The molecule has 0 bridgehead atoms. The lowest BCUT2D eigenvalue weighted by Crippen LogP contribution is -2.15. The lowest BCUT2D eigenvalue weighted by molar-refractivity contribution is 0.400. The number of nitrogens with zero attached hydrogens (tertiary/aromatic N) is 3. The number of nitrogens with two attached hydrogens (primary N) is 2. The second kappa shape index (κ2) is 11.3. The van der Waals surface area contributed by atoms with Crippen molar-refractivity contribution in [3.05, 3.63) is 103 Å². The Morgan fingerprint density at radius 1 is 0.744 bits per heavy atom. The summed E-state index contributed by atoms with van der Waals surface area (Å²) in [6.45, 7) is 1.67. The van der Waals surface area contributed by atoms with E-state index >= 15 is 0 Å². The smallest absolute Gasteiger partial charge is 0.263 e. The Balaban J connectivity index is 0.000000187. The Kier molecular flexibility index (Phi) is 7.88. The number of hydrogen-bond acceptors (Lipinski definition) is 9. The first-order chi connectivity index (χ1) is 18.5. The minimum absolute atomic E-state index is 0.118. The van der Waals surface area contributed by atoms with E-state index < -0.39 is 20.0 Å². The van der Waals surface area contributed by atoms with Gasteiger partial charge in [0.05, 0.1) is 21.7 Å². The number of hydrogen-bond donors (Lipinski definition) is 4. The van der Waals surface area contributed by atoms with Crippen LogP contribution in [0.25, 0.3) is 5.69 Å². The molecule has 0 aliphatic rings. The SMILES string of the molecule is Cc1cc(NS(=O)(=O)c2ccc(N)cc2)no1.Nc1ccc(S(=O)(=O)Nc2ccnn2-c2ccccc2)cc1. The van der Waals surface area contributed by atoms with E-state index in [4.69, 9.17) is 16.0 Å². The van der Waals surface area contributed by atoms with Gasteiger partial charge in [-0.1, -0.05) is 23.4 Å². The van der Waals surface area contributed by atoms with Crippen LogP contribution in [0, 0.1) is 6.92 Å². The summed E-state index contributed by atoms with van der Waals surface area (Å²) >= 11 is 0. The molecule has 0 spiro atoms. The lowest BCUT2D eigenvalue weighted by Gasteiger charge is -2.10. The molecule has 2 heterocycles. The molecule has 3 aromatic carbocycles. The van der Waals surface area contributed by atoms with Crippen LogP contribution in [0.5, 0.6) is 0 Å². The molecule has 202 valence electrons.